The van der Waals surface area contributed by atoms with Crippen LogP contribution in [0.15, 0.2) is 24.3 Å². The minimum Gasteiger partial charge on any atom is -0.497 e. The fourth-order valence-corrected chi connectivity index (χ4v) is 1.95. The standard InChI is InChI=1S/C16H26N2O2/c1-5-18(16(19)10-11-17-13(2)3)12-14-6-8-15(20-4)9-7-14/h6-9,13,17H,5,10-12H2,1-4H3. The van der Waals surface area contributed by atoms with Gasteiger partial charge in [0.2, 0.25) is 5.91 Å². The number of rotatable bonds is 8. The van der Waals surface area contributed by atoms with E-state index in [2.05, 4.69) is 19.2 Å². The molecule has 0 spiro atoms. The summed E-state index contributed by atoms with van der Waals surface area (Å²) in [7, 11) is 1.65. The SMILES string of the molecule is CCN(Cc1ccc(OC)cc1)C(=O)CCNC(C)C. The summed E-state index contributed by atoms with van der Waals surface area (Å²) >= 11 is 0. The van der Waals surface area contributed by atoms with Gasteiger partial charge in [-0.1, -0.05) is 26.0 Å². The summed E-state index contributed by atoms with van der Waals surface area (Å²) in [4.78, 5) is 14.0. The molecule has 112 valence electrons. The predicted molar refractivity (Wildman–Crippen MR) is 81.8 cm³/mol. The van der Waals surface area contributed by atoms with Crippen molar-refractivity contribution >= 4 is 5.91 Å². The fourth-order valence-electron chi connectivity index (χ4n) is 1.95. The van der Waals surface area contributed by atoms with E-state index in [1.54, 1.807) is 7.11 Å². The van der Waals surface area contributed by atoms with Crippen molar-refractivity contribution in [1.82, 2.24) is 10.2 Å². The third-order valence-electron chi connectivity index (χ3n) is 3.16. The molecular weight excluding hydrogens is 252 g/mol. The first-order valence-corrected chi connectivity index (χ1v) is 7.21. The van der Waals surface area contributed by atoms with Crippen molar-refractivity contribution in [3.63, 3.8) is 0 Å². The van der Waals surface area contributed by atoms with Gasteiger partial charge >= 0.3 is 0 Å². The maximum Gasteiger partial charge on any atom is 0.224 e. The van der Waals surface area contributed by atoms with Crippen molar-refractivity contribution in [2.75, 3.05) is 20.2 Å². The average Bonchev–Trinajstić information content (AvgIpc) is 2.44. The molecule has 0 aliphatic heterocycles. The van der Waals surface area contributed by atoms with E-state index in [0.717, 1.165) is 24.4 Å². The second-order valence-electron chi connectivity index (χ2n) is 5.11. The van der Waals surface area contributed by atoms with Crippen molar-refractivity contribution in [3.8, 4) is 5.75 Å². The molecule has 0 fully saturated rings. The Hall–Kier alpha value is -1.55. The van der Waals surface area contributed by atoms with Crippen molar-refractivity contribution in [2.45, 2.75) is 39.8 Å². The minimum absolute atomic E-state index is 0.191. The number of carbonyl (C=O) groups excluding carboxylic acids is 1. The molecule has 1 N–H and O–H groups in total. The van der Waals surface area contributed by atoms with Gasteiger partial charge in [0.25, 0.3) is 0 Å². The molecule has 1 aromatic rings. The van der Waals surface area contributed by atoms with Gasteiger partial charge < -0.3 is 15.0 Å². The summed E-state index contributed by atoms with van der Waals surface area (Å²) in [6.07, 6.45) is 0.544. The molecule has 0 atom stereocenters. The van der Waals surface area contributed by atoms with Gasteiger partial charge in [-0.3, -0.25) is 4.79 Å². The third kappa shape index (κ3) is 5.61. The maximum atomic E-state index is 12.1. The Kier molecular flexibility index (Phi) is 7.09. The van der Waals surface area contributed by atoms with Gasteiger partial charge in [-0.2, -0.15) is 0 Å². The molecule has 4 heteroatoms. The Morgan fingerprint density at radius 2 is 1.95 bits per heavy atom. The molecule has 0 aliphatic rings. The van der Waals surface area contributed by atoms with Gasteiger partial charge in [0, 0.05) is 32.1 Å². The fraction of sp³-hybridized carbons (Fsp3) is 0.562. The molecule has 1 aromatic carbocycles. The Labute approximate surface area is 122 Å². The van der Waals surface area contributed by atoms with Crippen molar-refractivity contribution in [3.05, 3.63) is 29.8 Å². The number of hydrogen-bond acceptors (Lipinski definition) is 3. The van der Waals surface area contributed by atoms with E-state index in [1.807, 2.05) is 36.1 Å². The lowest BCUT2D eigenvalue weighted by Gasteiger charge is -2.21. The maximum absolute atomic E-state index is 12.1. The first-order valence-electron chi connectivity index (χ1n) is 7.21. The van der Waals surface area contributed by atoms with Crippen LogP contribution in [0.1, 0.15) is 32.8 Å². The van der Waals surface area contributed by atoms with Crippen LogP contribution >= 0.6 is 0 Å². The molecule has 0 unspecified atom stereocenters. The Morgan fingerprint density at radius 3 is 2.45 bits per heavy atom. The van der Waals surface area contributed by atoms with E-state index < -0.39 is 0 Å². The van der Waals surface area contributed by atoms with Crippen LogP contribution in [0.5, 0.6) is 5.75 Å². The Balaban J connectivity index is 2.50. The molecular formula is C16H26N2O2. The number of nitrogens with one attached hydrogen (secondary N) is 1. The lowest BCUT2D eigenvalue weighted by molar-refractivity contribution is -0.131. The number of amides is 1. The average molecular weight is 278 g/mol. The molecule has 4 nitrogen and oxygen atoms in total. The Morgan fingerprint density at radius 1 is 1.30 bits per heavy atom. The first-order chi connectivity index (χ1) is 9.56. The van der Waals surface area contributed by atoms with Gasteiger partial charge in [0.15, 0.2) is 0 Å². The number of carbonyl (C=O) groups is 1. The van der Waals surface area contributed by atoms with Gasteiger partial charge in [-0.25, -0.2) is 0 Å². The quantitative estimate of drug-likeness (QED) is 0.794. The number of nitrogens with zero attached hydrogens (tertiary/aromatic N) is 1. The van der Waals surface area contributed by atoms with E-state index in [9.17, 15) is 4.79 Å². The summed E-state index contributed by atoms with van der Waals surface area (Å²) in [6, 6.07) is 8.27. The monoisotopic (exact) mass is 278 g/mol. The van der Waals surface area contributed by atoms with Crippen LogP contribution in [-0.4, -0.2) is 37.0 Å². The molecule has 0 radical (unpaired) electrons. The van der Waals surface area contributed by atoms with E-state index in [4.69, 9.17) is 4.74 Å². The summed E-state index contributed by atoms with van der Waals surface area (Å²) in [5.74, 6) is 1.03. The zero-order valence-electron chi connectivity index (χ0n) is 13.0. The van der Waals surface area contributed by atoms with Gasteiger partial charge in [0.1, 0.15) is 5.75 Å². The highest BCUT2D eigenvalue weighted by Crippen LogP contribution is 2.13. The van der Waals surface area contributed by atoms with Gasteiger partial charge in [-0.15, -0.1) is 0 Å². The lowest BCUT2D eigenvalue weighted by Crippen LogP contribution is -2.34. The smallest absolute Gasteiger partial charge is 0.224 e. The van der Waals surface area contributed by atoms with E-state index in [-0.39, 0.29) is 5.91 Å². The molecule has 0 aromatic heterocycles. The van der Waals surface area contributed by atoms with Crippen molar-refractivity contribution in [2.24, 2.45) is 0 Å². The second-order valence-corrected chi connectivity index (χ2v) is 5.11. The molecule has 0 saturated carbocycles. The van der Waals surface area contributed by atoms with Gasteiger partial charge in [0.05, 0.1) is 7.11 Å². The first kappa shape index (κ1) is 16.5. The topological polar surface area (TPSA) is 41.6 Å². The molecule has 1 rings (SSSR count). The van der Waals surface area contributed by atoms with Gasteiger partial charge in [-0.05, 0) is 24.6 Å². The van der Waals surface area contributed by atoms with E-state index >= 15 is 0 Å². The van der Waals surface area contributed by atoms with Crippen LogP contribution in [0.4, 0.5) is 0 Å². The van der Waals surface area contributed by atoms with Crippen LogP contribution < -0.4 is 10.1 Å². The molecule has 0 aliphatic carbocycles. The predicted octanol–water partition coefficient (Wildman–Crippen LogP) is 2.43. The van der Waals surface area contributed by atoms with Crippen molar-refractivity contribution < 1.29 is 9.53 Å². The van der Waals surface area contributed by atoms with Crippen LogP contribution in [0, 0.1) is 0 Å². The number of benzene rings is 1. The number of methoxy groups -OCH3 is 1. The summed E-state index contributed by atoms with van der Waals surface area (Å²) in [6.45, 7) is 8.29. The molecule has 0 bridgehead atoms. The zero-order chi connectivity index (χ0) is 15.0. The van der Waals surface area contributed by atoms with E-state index in [1.165, 1.54) is 0 Å². The molecule has 1 amide bonds. The Bertz CT molecular complexity index is 401. The van der Waals surface area contributed by atoms with Crippen LogP contribution in [0.25, 0.3) is 0 Å². The molecule has 0 heterocycles. The van der Waals surface area contributed by atoms with Crippen LogP contribution in [0.3, 0.4) is 0 Å². The normalized spacial score (nSPS) is 10.7. The van der Waals surface area contributed by atoms with E-state index in [0.29, 0.717) is 19.0 Å². The zero-order valence-corrected chi connectivity index (χ0v) is 13.0. The van der Waals surface area contributed by atoms with Crippen molar-refractivity contribution in [1.29, 1.82) is 0 Å². The second kappa shape index (κ2) is 8.59. The summed E-state index contributed by atoms with van der Waals surface area (Å²) in [5, 5.41) is 3.27. The number of ether oxygens (including phenoxy) is 1. The molecule has 0 saturated heterocycles. The van der Waals surface area contributed by atoms with Crippen LogP contribution in [0.2, 0.25) is 0 Å². The highest BCUT2D eigenvalue weighted by molar-refractivity contribution is 5.76. The number of hydrogen-bond donors (Lipinski definition) is 1. The lowest BCUT2D eigenvalue weighted by atomic mass is 10.2. The summed E-state index contributed by atoms with van der Waals surface area (Å²) < 4.78 is 5.13. The summed E-state index contributed by atoms with van der Waals surface area (Å²) in [5.41, 5.74) is 1.12. The minimum atomic E-state index is 0.191. The third-order valence-corrected chi connectivity index (χ3v) is 3.16. The highest BCUT2D eigenvalue weighted by atomic mass is 16.5. The largest absolute Gasteiger partial charge is 0.497 e. The van der Waals surface area contributed by atoms with Crippen LogP contribution in [-0.2, 0) is 11.3 Å². The molecule has 20 heavy (non-hydrogen) atoms. The highest BCUT2D eigenvalue weighted by Gasteiger charge is 2.11.